The van der Waals surface area contributed by atoms with Gasteiger partial charge in [-0.3, -0.25) is 9.59 Å². The molecule has 0 spiro atoms. The average Bonchev–Trinajstić information content (AvgIpc) is 2.65. The van der Waals surface area contributed by atoms with Crippen LogP contribution in [-0.4, -0.2) is 74.4 Å². The van der Waals surface area contributed by atoms with Gasteiger partial charge >= 0.3 is 5.97 Å². The maximum atomic E-state index is 12.2. The zero-order chi connectivity index (χ0) is 18.4. The van der Waals surface area contributed by atoms with Crippen LogP contribution in [-0.2, 0) is 14.3 Å². The second kappa shape index (κ2) is 8.34. The molecule has 1 fully saturated rings. The summed E-state index contributed by atoms with van der Waals surface area (Å²) in [5.41, 5.74) is 0.316. The molecule has 2 amide bonds. The summed E-state index contributed by atoms with van der Waals surface area (Å²) in [6.07, 6.45) is -1.04. The Bertz CT molecular complexity index is 662. The van der Waals surface area contributed by atoms with Gasteiger partial charge in [0.05, 0.1) is 33.9 Å². The van der Waals surface area contributed by atoms with Gasteiger partial charge in [-0.1, -0.05) is 0 Å². The Morgan fingerprint density at radius 2 is 2.00 bits per heavy atom. The third kappa shape index (κ3) is 4.60. The molecule has 9 nitrogen and oxygen atoms in total. The average molecular weight is 352 g/mol. The standard InChI is InChI=1S/C16H20N2O7/c1-23-11-4-3-10(7-12(11)24-2)15(20)17-8-14(19)18-5-6-25-13(9-18)16(21)22/h3-4,7,13H,5-6,8-9H2,1-2H3,(H,17,20)(H,21,22). The number of carbonyl (C=O) groups excluding carboxylic acids is 2. The fourth-order valence-electron chi connectivity index (χ4n) is 2.37. The predicted octanol–water partition coefficient (Wildman–Crippen LogP) is -0.254. The van der Waals surface area contributed by atoms with E-state index in [1.165, 1.54) is 25.2 Å². The van der Waals surface area contributed by atoms with E-state index in [2.05, 4.69) is 5.32 Å². The highest BCUT2D eigenvalue weighted by Gasteiger charge is 2.29. The van der Waals surface area contributed by atoms with Crippen LogP contribution in [0.1, 0.15) is 10.4 Å². The SMILES string of the molecule is COc1ccc(C(=O)NCC(=O)N2CCOC(C(=O)O)C2)cc1OC. The number of benzene rings is 1. The van der Waals surface area contributed by atoms with E-state index in [9.17, 15) is 14.4 Å². The van der Waals surface area contributed by atoms with Crippen molar-refractivity contribution in [2.75, 3.05) is 40.5 Å². The highest BCUT2D eigenvalue weighted by Crippen LogP contribution is 2.27. The van der Waals surface area contributed by atoms with E-state index in [0.717, 1.165) is 0 Å². The highest BCUT2D eigenvalue weighted by molar-refractivity contribution is 5.97. The van der Waals surface area contributed by atoms with Gasteiger partial charge in [0.1, 0.15) is 0 Å². The van der Waals surface area contributed by atoms with E-state index < -0.39 is 18.0 Å². The lowest BCUT2D eigenvalue weighted by atomic mass is 10.2. The molecule has 2 N–H and O–H groups in total. The van der Waals surface area contributed by atoms with Crippen molar-refractivity contribution in [2.45, 2.75) is 6.10 Å². The first kappa shape index (κ1) is 18.5. The van der Waals surface area contributed by atoms with Crippen LogP contribution in [0.15, 0.2) is 18.2 Å². The van der Waals surface area contributed by atoms with Crippen molar-refractivity contribution >= 4 is 17.8 Å². The number of morpholine rings is 1. The number of ether oxygens (including phenoxy) is 3. The normalized spacial score (nSPS) is 16.9. The number of aliphatic carboxylic acids is 1. The molecule has 0 aromatic heterocycles. The number of hydrogen-bond donors (Lipinski definition) is 2. The van der Waals surface area contributed by atoms with Gasteiger partial charge in [0, 0.05) is 12.1 Å². The van der Waals surface area contributed by atoms with Crippen molar-refractivity contribution in [3.8, 4) is 11.5 Å². The van der Waals surface area contributed by atoms with Crippen LogP contribution in [0.4, 0.5) is 0 Å². The molecule has 0 bridgehead atoms. The van der Waals surface area contributed by atoms with Gasteiger partial charge in [-0.15, -0.1) is 0 Å². The molecule has 2 rings (SSSR count). The van der Waals surface area contributed by atoms with E-state index in [1.807, 2.05) is 0 Å². The molecule has 9 heteroatoms. The third-order valence-corrected chi connectivity index (χ3v) is 3.74. The van der Waals surface area contributed by atoms with E-state index >= 15 is 0 Å². The maximum Gasteiger partial charge on any atom is 0.334 e. The molecule has 25 heavy (non-hydrogen) atoms. The van der Waals surface area contributed by atoms with Gasteiger partial charge in [-0.2, -0.15) is 0 Å². The van der Waals surface area contributed by atoms with Crippen LogP contribution < -0.4 is 14.8 Å². The molecule has 0 saturated carbocycles. The molecular weight excluding hydrogens is 332 g/mol. The Morgan fingerprint density at radius 3 is 2.64 bits per heavy atom. The van der Waals surface area contributed by atoms with Gasteiger partial charge in [0.2, 0.25) is 5.91 Å². The lowest BCUT2D eigenvalue weighted by molar-refractivity contribution is -0.159. The minimum atomic E-state index is -1.12. The van der Waals surface area contributed by atoms with Crippen molar-refractivity contribution in [3.63, 3.8) is 0 Å². The second-order valence-corrected chi connectivity index (χ2v) is 5.29. The van der Waals surface area contributed by atoms with Crippen LogP contribution in [0.3, 0.4) is 0 Å². The van der Waals surface area contributed by atoms with Gasteiger partial charge in [0.15, 0.2) is 17.6 Å². The number of carboxylic acids is 1. The number of amides is 2. The Balaban J connectivity index is 1.93. The number of methoxy groups -OCH3 is 2. The van der Waals surface area contributed by atoms with Gasteiger partial charge in [-0.25, -0.2) is 4.79 Å². The number of carbonyl (C=O) groups is 3. The van der Waals surface area contributed by atoms with Crippen LogP contribution in [0.25, 0.3) is 0 Å². The maximum absolute atomic E-state index is 12.2. The summed E-state index contributed by atoms with van der Waals surface area (Å²) in [6, 6.07) is 4.65. The molecule has 0 radical (unpaired) electrons. The zero-order valence-corrected chi connectivity index (χ0v) is 14.0. The van der Waals surface area contributed by atoms with Gasteiger partial charge in [0.25, 0.3) is 5.91 Å². The van der Waals surface area contributed by atoms with Crippen molar-refractivity contribution in [1.82, 2.24) is 10.2 Å². The lowest BCUT2D eigenvalue weighted by Gasteiger charge is -2.30. The highest BCUT2D eigenvalue weighted by atomic mass is 16.5. The first-order valence-electron chi connectivity index (χ1n) is 7.58. The van der Waals surface area contributed by atoms with E-state index in [4.69, 9.17) is 19.3 Å². The molecule has 1 aromatic rings. The van der Waals surface area contributed by atoms with Gasteiger partial charge in [-0.05, 0) is 18.2 Å². The van der Waals surface area contributed by atoms with Gasteiger partial charge < -0.3 is 29.5 Å². The quantitative estimate of drug-likeness (QED) is 0.725. The van der Waals surface area contributed by atoms with Crippen LogP contribution in [0.5, 0.6) is 11.5 Å². The van der Waals surface area contributed by atoms with Crippen LogP contribution >= 0.6 is 0 Å². The lowest BCUT2D eigenvalue weighted by Crippen LogP contribution is -2.51. The third-order valence-electron chi connectivity index (χ3n) is 3.74. The van der Waals surface area contributed by atoms with E-state index in [1.54, 1.807) is 12.1 Å². The molecule has 136 valence electrons. The smallest absolute Gasteiger partial charge is 0.334 e. The zero-order valence-electron chi connectivity index (χ0n) is 14.0. The molecule has 1 unspecified atom stereocenters. The Morgan fingerprint density at radius 1 is 1.28 bits per heavy atom. The van der Waals surface area contributed by atoms with Crippen LogP contribution in [0.2, 0.25) is 0 Å². The summed E-state index contributed by atoms with van der Waals surface area (Å²) < 4.78 is 15.3. The first-order valence-corrected chi connectivity index (χ1v) is 7.58. The van der Waals surface area contributed by atoms with E-state index in [-0.39, 0.29) is 32.1 Å². The molecule has 1 aliphatic heterocycles. The van der Waals surface area contributed by atoms with Crippen LogP contribution in [0, 0.1) is 0 Å². The minimum Gasteiger partial charge on any atom is -0.493 e. The predicted molar refractivity (Wildman–Crippen MR) is 85.8 cm³/mol. The summed E-state index contributed by atoms with van der Waals surface area (Å²) in [4.78, 5) is 36.6. The summed E-state index contributed by atoms with van der Waals surface area (Å²) in [5.74, 6) is -1.05. The monoisotopic (exact) mass is 352 g/mol. The van der Waals surface area contributed by atoms with Crippen molar-refractivity contribution < 1.29 is 33.7 Å². The molecule has 0 aliphatic carbocycles. The number of nitrogens with zero attached hydrogens (tertiary/aromatic N) is 1. The molecule has 1 aromatic carbocycles. The van der Waals surface area contributed by atoms with Crippen molar-refractivity contribution in [2.24, 2.45) is 0 Å². The second-order valence-electron chi connectivity index (χ2n) is 5.29. The number of nitrogens with one attached hydrogen (secondary N) is 1. The fourth-order valence-corrected chi connectivity index (χ4v) is 2.37. The summed E-state index contributed by atoms with van der Waals surface area (Å²) in [6.45, 7) is 0.154. The molecular formula is C16H20N2O7. The molecule has 1 atom stereocenters. The Labute approximate surface area is 144 Å². The topological polar surface area (TPSA) is 114 Å². The number of rotatable bonds is 6. The van der Waals surface area contributed by atoms with Crippen molar-refractivity contribution in [1.29, 1.82) is 0 Å². The molecule has 1 heterocycles. The largest absolute Gasteiger partial charge is 0.493 e. The summed E-state index contributed by atoms with van der Waals surface area (Å²) in [7, 11) is 2.95. The molecule has 1 saturated heterocycles. The first-order chi connectivity index (χ1) is 12.0. The number of carboxylic acid groups (broad SMARTS) is 1. The fraction of sp³-hybridized carbons (Fsp3) is 0.438. The number of hydrogen-bond acceptors (Lipinski definition) is 6. The minimum absolute atomic E-state index is 0.0413. The Hall–Kier alpha value is -2.81. The molecule has 1 aliphatic rings. The Kier molecular flexibility index (Phi) is 6.18. The van der Waals surface area contributed by atoms with E-state index in [0.29, 0.717) is 17.1 Å². The van der Waals surface area contributed by atoms with Crippen molar-refractivity contribution in [3.05, 3.63) is 23.8 Å². The summed E-state index contributed by atoms with van der Waals surface area (Å²) >= 11 is 0. The summed E-state index contributed by atoms with van der Waals surface area (Å²) in [5, 5.41) is 11.5.